The van der Waals surface area contributed by atoms with Gasteiger partial charge in [-0.1, -0.05) is 0 Å². The van der Waals surface area contributed by atoms with Gasteiger partial charge in [0.15, 0.2) is 0 Å². The lowest BCUT2D eigenvalue weighted by molar-refractivity contribution is -0.137. The maximum Gasteiger partial charge on any atom is 0.416 e. The number of nitrogens with zero attached hydrogens (tertiary/aromatic N) is 2. The minimum atomic E-state index is -4.70. The summed E-state index contributed by atoms with van der Waals surface area (Å²) in [7, 11) is 0. The van der Waals surface area contributed by atoms with Crippen molar-refractivity contribution in [2.75, 3.05) is 16.5 Å². The molecule has 0 radical (unpaired) electrons. The minimum absolute atomic E-state index is 0.188. The summed E-state index contributed by atoms with van der Waals surface area (Å²) in [6.45, 7) is 0. The Morgan fingerprint density at radius 1 is 1.07 bits per heavy atom. The maximum atomic E-state index is 13.2. The van der Waals surface area contributed by atoms with Crippen molar-refractivity contribution in [2.24, 2.45) is 0 Å². The van der Waals surface area contributed by atoms with Gasteiger partial charge in [0.1, 0.15) is 5.88 Å². The third kappa shape index (κ3) is 4.37. The van der Waals surface area contributed by atoms with Gasteiger partial charge in [0, 0.05) is 35.2 Å². The normalized spacial score (nSPS) is 11.3. The average Bonchev–Trinajstić information content (AvgIpc) is 2.67. The summed E-state index contributed by atoms with van der Waals surface area (Å²) in [5.74, 6) is -1.92. The van der Waals surface area contributed by atoms with Crippen molar-refractivity contribution in [3.8, 4) is 0 Å². The first-order valence-corrected chi connectivity index (χ1v) is 8.39. The molecule has 2 N–H and O–H groups in total. The lowest BCUT2D eigenvalue weighted by atomic mass is 10.1. The van der Waals surface area contributed by atoms with E-state index < -0.39 is 29.4 Å². The van der Waals surface area contributed by atoms with Crippen LogP contribution in [0.15, 0.2) is 48.9 Å². The second-order valence-electron chi connectivity index (χ2n) is 5.68. The standard InChI is InChI=1S/C18H12ClF3N4O2/c19-8-16(27)25-12-6-10(5-11(7-12)18(20,21)22)17(28)26-15-2-4-24-14-1-3-23-9-13(14)15/h1-7,9H,8H2,(H,25,27)(H,24,26,28). The van der Waals surface area contributed by atoms with Gasteiger partial charge in [0.05, 0.1) is 16.8 Å². The largest absolute Gasteiger partial charge is 0.416 e. The van der Waals surface area contributed by atoms with Gasteiger partial charge < -0.3 is 10.6 Å². The number of pyridine rings is 2. The molecule has 144 valence electrons. The lowest BCUT2D eigenvalue weighted by Gasteiger charge is -2.13. The molecule has 0 aliphatic rings. The summed E-state index contributed by atoms with van der Waals surface area (Å²) in [5.41, 5.74) is -0.648. The number of carbonyl (C=O) groups is 2. The SMILES string of the molecule is O=C(CCl)Nc1cc(C(=O)Nc2ccnc3ccncc23)cc(C(F)(F)F)c1. The highest BCUT2D eigenvalue weighted by Crippen LogP contribution is 2.32. The summed E-state index contributed by atoms with van der Waals surface area (Å²) in [6, 6.07) is 5.71. The van der Waals surface area contributed by atoms with Crippen LogP contribution >= 0.6 is 11.6 Å². The van der Waals surface area contributed by atoms with Crippen LogP contribution in [0.4, 0.5) is 24.5 Å². The first kappa shape index (κ1) is 19.6. The Bertz CT molecular complexity index is 1050. The molecular weight excluding hydrogens is 397 g/mol. The number of nitrogens with one attached hydrogen (secondary N) is 2. The van der Waals surface area contributed by atoms with E-state index in [1.54, 1.807) is 6.07 Å². The number of anilines is 2. The third-order valence-electron chi connectivity index (χ3n) is 3.72. The summed E-state index contributed by atoms with van der Waals surface area (Å²) >= 11 is 5.37. The molecule has 0 saturated heterocycles. The van der Waals surface area contributed by atoms with Gasteiger partial charge in [-0.2, -0.15) is 13.2 Å². The number of hydrogen-bond acceptors (Lipinski definition) is 4. The fourth-order valence-electron chi connectivity index (χ4n) is 2.48. The molecule has 0 unspecified atom stereocenters. The van der Waals surface area contributed by atoms with Crippen LogP contribution < -0.4 is 10.6 Å². The summed E-state index contributed by atoms with van der Waals surface area (Å²) in [4.78, 5) is 32.1. The Morgan fingerprint density at radius 3 is 2.57 bits per heavy atom. The molecule has 2 heterocycles. The van der Waals surface area contributed by atoms with E-state index >= 15 is 0 Å². The smallest absolute Gasteiger partial charge is 0.325 e. The Balaban J connectivity index is 1.98. The predicted octanol–water partition coefficient (Wildman–Crippen LogP) is 4.08. The maximum absolute atomic E-state index is 13.2. The van der Waals surface area contributed by atoms with E-state index in [1.807, 2.05) is 0 Å². The average molecular weight is 409 g/mol. The minimum Gasteiger partial charge on any atom is -0.325 e. The Hall–Kier alpha value is -3.20. The fraction of sp³-hybridized carbons (Fsp3) is 0.111. The summed E-state index contributed by atoms with van der Waals surface area (Å²) in [5, 5.41) is 5.30. The molecule has 10 heteroatoms. The van der Waals surface area contributed by atoms with Gasteiger partial charge in [-0.3, -0.25) is 19.6 Å². The van der Waals surface area contributed by atoms with Crippen LogP contribution in [-0.2, 0) is 11.0 Å². The second kappa shape index (κ2) is 7.81. The zero-order valence-corrected chi connectivity index (χ0v) is 14.8. The zero-order valence-electron chi connectivity index (χ0n) is 14.0. The van der Waals surface area contributed by atoms with Crippen molar-refractivity contribution in [1.29, 1.82) is 0 Å². The Morgan fingerprint density at radius 2 is 1.86 bits per heavy atom. The molecule has 0 atom stereocenters. The number of alkyl halides is 4. The molecule has 6 nitrogen and oxygen atoms in total. The highest BCUT2D eigenvalue weighted by Gasteiger charge is 2.32. The number of halogens is 4. The van der Waals surface area contributed by atoms with E-state index in [-0.39, 0.29) is 11.3 Å². The highest BCUT2D eigenvalue weighted by atomic mass is 35.5. The van der Waals surface area contributed by atoms with Crippen molar-refractivity contribution in [1.82, 2.24) is 9.97 Å². The lowest BCUT2D eigenvalue weighted by Crippen LogP contribution is -2.17. The van der Waals surface area contributed by atoms with E-state index in [4.69, 9.17) is 11.6 Å². The number of fused-ring (bicyclic) bond motifs is 1. The molecule has 0 aliphatic heterocycles. The van der Waals surface area contributed by atoms with Crippen LogP contribution in [0.25, 0.3) is 10.9 Å². The van der Waals surface area contributed by atoms with Crippen LogP contribution in [-0.4, -0.2) is 27.7 Å². The monoisotopic (exact) mass is 408 g/mol. The molecule has 2 amide bonds. The molecule has 0 aliphatic carbocycles. The number of rotatable bonds is 4. The van der Waals surface area contributed by atoms with Gasteiger partial charge >= 0.3 is 6.18 Å². The fourth-order valence-corrected chi connectivity index (χ4v) is 2.55. The molecule has 0 fully saturated rings. The van der Waals surface area contributed by atoms with E-state index in [2.05, 4.69) is 20.6 Å². The first-order chi connectivity index (χ1) is 13.3. The number of benzene rings is 1. The molecule has 3 aromatic rings. The van der Waals surface area contributed by atoms with E-state index in [0.29, 0.717) is 22.7 Å². The first-order valence-electron chi connectivity index (χ1n) is 7.86. The van der Waals surface area contributed by atoms with Crippen molar-refractivity contribution in [3.05, 3.63) is 60.0 Å². The van der Waals surface area contributed by atoms with Crippen LogP contribution in [0, 0.1) is 0 Å². The van der Waals surface area contributed by atoms with Crippen LogP contribution in [0.1, 0.15) is 15.9 Å². The number of amides is 2. The number of aromatic nitrogens is 2. The number of hydrogen-bond donors (Lipinski definition) is 2. The van der Waals surface area contributed by atoms with Crippen molar-refractivity contribution in [2.45, 2.75) is 6.18 Å². The predicted molar refractivity (Wildman–Crippen MR) is 98.3 cm³/mol. The molecule has 0 saturated carbocycles. The molecule has 0 spiro atoms. The van der Waals surface area contributed by atoms with Crippen molar-refractivity contribution in [3.63, 3.8) is 0 Å². The zero-order chi connectivity index (χ0) is 20.3. The van der Waals surface area contributed by atoms with Crippen LogP contribution in [0.2, 0.25) is 0 Å². The molecule has 3 rings (SSSR count). The topological polar surface area (TPSA) is 84.0 Å². The van der Waals surface area contributed by atoms with Gasteiger partial charge in [-0.25, -0.2) is 0 Å². The molecular formula is C18H12ClF3N4O2. The molecule has 2 aromatic heterocycles. The molecule has 28 heavy (non-hydrogen) atoms. The van der Waals surface area contributed by atoms with Gasteiger partial charge in [0.25, 0.3) is 5.91 Å². The van der Waals surface area contributed by atoms with E-state index in [1.165, 1.54) is 24.7 Å². The Kier molecular flexibility index (Phi) is 5.46. The van der Waals surface area contributed by atoms with Gasteiger partial charge in [-0.15, -0.1) is 11.6 Å². The number of carbonyl (C=O) groups excluding carboxylic acids is 2. The summed E-state index contributed by atoms with van der Waals surface area (Å²) in [6.07, 6.45) is -0.240. The van der Waals surface area contributed by atoms with Gasteiger partial charge in [0.2, 0.25) is 5.91 Å². The van der Waals surface area contributed by atoms with E-state index in [0.717, 1.165) is 12.1 Å². The highest BCUT2D eigenvalue weighted by molar-refractivity contribution is 6.29. The quantitative estimate of drug-likeness (QED) is 0.637. The van der Waals surface area contributed by atoms with Crippen LogP contribution in [0.3, 0.4) is 0 Å². The van der Waals surface area contributed by atoms with E-state index in [9.17, 15) is 22.8 Å². The Labute approximate surface area is 161 Å². The van der Waals surface area contributed by atoms with Crippen molar-refractivity contribution < 1.29 is 22.8 Å². The third-order valence-corrected chi connectivity index (χ3v) is 3.96. The summed E-state index contributed by atoms with van der Waals surface area (Å²) < 4.78 is 39.5. The van der Waals surface area contributed by atoms with Crippen molar-refractivity contribution >= 4 is 45.7 Å². The molecule has 1 aromatic carbocycles. The van der Waals surface area contributed by atoms with Gasteiger partial charge in [-0.05, 0) is 30.3 Å². The second-order valence-corrected chi connectivity index (χ2v) is 5.95. The molecule has 0 bridgehead atoms. The van der Waals surface area contributed by atoms with Crippen LogP contribution in [0.5, 0.6) is 0 Å².